The summed E-state index contributed by atoms with van der Waals surface area (Å²) in [7, 11) is 0.999. The largest absolute Gasteiger partial charge is 0.201 e. The first-order valence-electron chi connectivity index (χ1n) is 9.81. The van der Waals surface area contributed by atoms with Crippen molar-refractivity contribution in [1.29, 1.82) is 0 Å². The van der Waals surface area contributed by atoms with Gasteiger partial charge in [-0.15, -0.1) is 0 Å². The highest BCUT2D eigenvalue weighted by Crippen LogP contribution is 2.35. The molecule has 0 aliphatic heterocycles. The molecule has 150 valence electrons. The summed E-state index contributed by atoms with van der Waals surface area (Å²) in [6.45, 7) is 20.6. The normalized spacial score (nSPS) is 12.8. The SMILES string of the molecule is CC(C)(C)c1cc(C(C)(C)C)c(P=C=Nc2ccc(Cl)cc2)c(C(C)(C)C)c1. The molecule has 0 saturated carbocycles. The molecule has 0 fully saturated rings. The molecule has 0 aliphatic carbocycles. The second-order valence-corrected chi connectivity index (χ2v) is 11.8. The Balaban J connectivity index is 2.72. The topological polar surface area (TPSA) is 12.4 Å². The zero-order chi connectivity index (χ0) is 21.3. The zero-order valence-electron chi connectivity index (χ0n) is 18.7. The molecule has 0 unspecified atom stereocenters. The van der Waals surface area contributed by atoms with Gasteiger partial charge < -0.3 is 0 Å². The molecule has 0 bridgehead atoms. The molecular weight excluding hydrogens is 381 g/mol. The maximum Gasteiger partial charge on any atom is 0.0734 e. The van der Waals surface area contributed by atoms with Crippen LogP contribution in [-0.2, 0) is 16.2 Å². The molecule has 3 heteroatoms. The smallest absolute Gasteiger partial charge is 0.0734 e. The Hall–Kier alpha value is -1.39. The number of benzene rings is 2. The van der Waals surface area contributed by atoms with E-state index in [2.05, 4.69) is 85.0 Å². The zero-order valence-corrected chi connectivity index (χ0v) is 20.4. The molecule has 0 heterocycles. The number of halogens is 1. The van der Waals surface area contributed by atoms with E-state index in [-0.39, 0.29) is 16.2 Å². The minimum atomic E-state index is 0.0472. The molecular formula is C25H33ClNP. The van der Waals surface area contributed by atoms with Crippen molar-refractivity contribution in [1.82, 2.24) is 0 Å². The summed E-state index contributed by atoms with van der Waals surface area (Å²) >= 11 is 5.97. The lowest BCUT2D eigenvalue weighted by atomic mass is 9.75. The number of hydrogen-bond donors (Lipinski definition) is 0. The van der Waals surface area contributed by atoms with Crippen molar-refractivity contribution >= 4 is 36.4 Å². The fourth-order valence-electron chi connectivity index (χ4n) is 2.98. The second kappa shape index (κ2) is 8.16. The Morgan fingerprint density at radius 1 is 0.750 bits per heavy atom. The van der Waals surface area contributed by atoms with Gasteiger partial charge in [0.1, 0.15) is 0 Å². The Morgan fingerprint density at radius 2 is 1.21 bits per heavy atom. The number of nitrogens with zero attached hydrogens (tertiary/aromatic N) is 1. The minimum absolute atomic E-state index is 0.0472. The lowest BCUT2D eigenvalue weighted by Crippen LogP contribution is -2.29. The van der Waals surface area contributed by atoms with Gasteiger partial charge in [0.15, 0.2) is 0 Å². The van der Waals surface area contributed by atoms with Crippen LogP contribution in [0.15, 0.2) is 41.4 Å². The van der Waals surface area contributed by atoms with Crippen molar-refractivity contribution in [3.63, 3.8) is 0 Å². The predicted octanol–water partition coefficient (Wildman–Crippen LogP) is 8.04. The molecule has 2 rings (SSSR count). The molecule has 2 aromatic carbocycles. The second-order valence-electron chi connectivity index (χ2n) is 10.5. The van der Waals surface area contributed by atoms with E-state index in [0.717, 1.165) is 18.9 Å². The summed E-state index contributed by atoms with van der Waals surface area (Å²) in [5, 5.41) is 2.05. The average Bonchev–Trinajstić information content (AvgIpc) is 2.53. The molecule has 0 spiro atoms. The standard InChI is InChI=1S/C25H33ClNP/c1-23(2,3)17-14-20(24(4,5)6)22(21(15-17)25(7,8)9)28-16-27-19-12-10-18(26)11-13-19/h10-15H,1-9H3. The average molecular weight is 414 g/mol. The van der Waals surface area contributed by atoms with Gasteiger partial charge in [0.05, 0.1) is 5.69 Å². The molecule has 0 aromatic heterocycles. The number of rotatable bonds is 2. The Bertz CT molecular complexity index is 863. The first-order valence-corrected chi connectivity index (χ1v) is 11.1. The molecule has 2 aromatic rings. The van der Waals surface area contributed by atoms with Gasteiger partial charge in [-0.3, -0.25) is 0 Å². The van der Waals surface area contributed by atoms with E-state index in [4.69, 9.17) is 11.6 Å². The van der Waals surface area contributed by atoms with Crippen molar-refractivity contribution < 1.29 is 0 Å². The molecule has 0 atom stereocenters. The lowest BCUT2D eigenvalue weighted by Gasteiger charge is -2.32. The Kier molecular flexibility index (Phi) is 6.67. The van der Waals surface area contributed by atoms with Crippen LogP contribution in [0.1, 0.15) is 79.0 Å². The Labute approximate surface area is 178 Å². The lowest BCUT2D eigenvalue weighted by molar-refractivity contribution is 0.554. The van der Waals surface area contributed by atoms with Crippen molar-refractivity contribution in [3.8, 4) is 0 Å². The Morgan fingerprint density at radius 3 is 1.61 bits per heavy atom. The molecule has 0 N–H and O–H groups in total. The van der Waals surface area contributed by atoms with Crippen molar-refractivity contribution in [2.45, 2.75) is 78.6 Å². The van der Waals surface area contributed by atoms with Crippen LogP contribution >= 0.6 is 19.8 Å². The highest BCUT2D eigenvalue weighted by molar-refractivity contribution is 7.46. The van der Waals surface area contributed by atoms with Gasteiger partial charge in [-0.2, -0.15) is 0 Å². The van der Waals surface area contributed by atoms with E-state index in [1.54, 1.807) is 0 Å². The van der Waals surface area contributed by atoms with Crippen LogP contribution in [0.3, 0.4) is 0 Å². The van der Waals surface area contributed by atoms with Gasteiger partial charge in [-0.05, 0) is 57.2 Å². The van der Waals surface area contributed by atoms with Crippen molar-refractivity contribution in [2.24, 2.45) is 4.99 Å². The van der Waals surface area contributed by atoms with Gasteiger partial charge in [0.25, 0.3) is 0 Å². The van der Waals surface area contributed by atoms with Crippen LogP contribution in [0.25, 0.3) is 0 Å². The van der Waals surface area contributed by atoms with Crippen LogP contribution in [-0.4, -0.2) is 5.59 Å². The van der Waals surface area contributed by atoms with E-state index >= 15 is 0 Å². The highest BCUT2D eigenvalue weighted by atomic mass is 35.5. The third-order valence-corrected chi connectivity index (χ3v) is 5.92. The van der Waals surface area contributed by atoms with Gasteiger partial charge in [-0.25, -0.2) is 4.99 Å². The fourth-order valence-corrected chi connectivity index (χ4v) is 4.41. The molecule has 1 nitrogen and oxygen atoms in total. The van der Waals surface area contributed by atoms with Gasteiger partial charge in [0, 0.05) is 24.1 Å². The highest BCUT2D eigenvalue weighted by Gasteiger charge is 2.28. The van der Waals surface area contributed by atoms with E-state index in [9.17, 15) is 0 Å². The predicted molar refractivity (Wildman–Crippen MR) is 128 cm³/mol. The van der Waals surface area contributed by atoms with Gasteiger partial charge in [0.2, 0.25) is 0 Å². The summed E-state index contributed by atoms with van der Waals surface area (Å²) in [6, 6.07) is 12.3. The molecule has 0 radical (unpaired) electrons. The van der Waals surface area contributed by atoms with Crippen LogP contribution in [0.4, 0.5) is 5.69 Å². The molecule has 0 amide bonds. The fraction of sp³-hybridized carbons (Fsp3) is 0.480. The summed E-state index contributed by atoms with van der Waals surface area (Å²) in [4.78, 5) is 4.54. The van der Waals surface area contributed by atoms with E-state index in [1.807, 2.05) is 24.3 Å². The summed E-state index contributed by atoms with van der Waals surface area (Å²) < 4.78 is 0. The third-order valence-electron chi connectivity index (χ3n) is 4.76. The number of hydrogen-bond acceptors (Lipinski definition) is 1. The van der Waals surface area contributed by atoms with Crippen LogP contribution in [0.2, 0.25) is 5.02 Å². The van der Waals surface area contributed by atoms with Crippen molar-refractivity contribution in [2.75, 3.05) is 0 Å². The van der Waals surface area contributed by atoms with Crippen LogP contribution in [0.5, 0.6) is 0 Å². The minimum Gasteiger partial charge on any atom is -0.201 e. The molecule has 0 aliphatic rings. The maximum absolute atomic E-state index is 5.97. The van der Waals surface area contributed by atoms with Gasteiger partial charge >= 0.3 is 0 Å². The quantitative estimate of drug-likeness (QED) is 0.349. The summed E-state index contributed by atoms with van der Waals surface area (Å²) in [6.07, 6.45) is 0. The summed E-state index contributed by atoms with van der Waals surface area (Å²) in [5.74, 6) is 0. The molecule has 0 saturated heterocycles. The van der Waals surface area contributed by atoms with E-state index < -0.39 is 0 Å². The third kappa shape index (κ3) is 5.81. The van der Waals surface area contributed by atoms with Crippen molar-refractivity contribution in [3.05, 3.63) is 58.1 Å². The number of aliphatic imine (C=N–C) groups is 1. The molecule has 28 heavy (non-hydrogen) atoms. The van der Waals surface area contributed by atoms with Gasteiger partial charge in [-0.1, -0.05) is 86.0 Å². The van der Waals surface area contributed by atoms with E-state index in [0.29, 0.717) is 0 Å². The first kappa shape index (κ1) is 22.9. The van der Waals surface area contributed by atoms with Crippen LogP contribution in [0, 0.1) is 0 Å². The summed E-state index contributed by atoms with van der Waals surface area (Å²) in [5.41, 5.74) is 8.49. The van der Waals surface area contributed by atoms with E-state index in [1.165, 1.54) is 22.0 Å². The maximum atomic E-state index is 5.97. The van der Waals surface area contributed by atoms with Crippen LogP contribution < -0.4 is 5.30 Å². The first-order chi connectivity index (χ1) is 12.7. The monoisotopic (exact) mass is 413 g/mol.